The summed E-state index contributed by atoms with van der Waals surface area (Å²) in [6, 6.07) is 21.3. The molecule has 176 valence electrons. The van der Waals surface area contributed by atoms with Gasteiger partial charge in [-0.2, -0.15) is 0 Å². The van der Waals surface area contributed by atoms with Gasteiger partial charge in [-0.05, 0) is 72.4 Å². The number of carbonyl (C=O) groups excluding carboxylic acids is 2. The van der Waals surface area contributed by atoms with Crippen LogP contribution < -0.4 is 15.0 Å². The molecule has 0 unspecified atom stereocenters. The topological polar surface area (TPSA) is 58.6 Å². The Balaban J connectivity index is 1.37. The first-order valence-corrected chi connectivity index (χ1v) is 11.7. The van der Waals surface area contributed by atoms with Crippen LogP contribution in [0.3, 0.4) is 0 Å². The molecule has 1 N–H and O–H groups in total. The van der Waals surface area contributed by atoms with Gasteiger partial charge in [-0.3, -0.25) is 9.59 Å². The lowest BCUT2D eigenvalue weighted by Crippen LogP contribution is -2.29. The van der Waals surface area contributed by atoms with Gasteiger partial charge in [-0.15, -0.1) is 0 Å². The number of rotatable bonds is 5. The Morgan fingerprint density at radius 2 is 1.47 bits per heavy atom. The van der Waals surface area contributed by atoms with E-state index in [-0.39, 0.29) is 29.6 Å². The highest BCUT2D eigenvalue weighted by Gasteiger charge is 2.36. The molecule has 5 heteroatoms. The Morgan fingerprint density at radius 1 is 0.912 bits per heavy atom. The minimum atomic E-state index is -0.385. The predicted octanol–water partition coefficient (Wildman–Crippen LogP) is 6.38. The number of nitrogens with one attached hydrogen (secondary N) is 1. The third kappa shape index (κ3) is 5.14. The minimum Gasteiger partial charge on any atom is -0.457 e. The van der Waals surface area contributed by atoms with E-state index in [0.717, 1.165) is 22.6 Å². The average Bonchev–Trinajstić information content (AvgIpc) is 3.16. The quantitative estimate of drug-likeness (QED) is 0.484. The van der Waals surface area contributed by atoms with E-state index >= 15 is 0 Å². The molecule has 1 atom stereocenters. The van der Waals surface area contributed by atoms with Crippen molar-refractivity contribution in [2.75, 3.05) is 16.8 Å². The highest BCUT2D eigenvalue weighted by molar-refractivity contribution is 6.04. The van der Waals surface area contributed by atoms with Crippen LogP contribution in [0.1, 0.15) is 43.9 Å². The van der Waals surface area contributed by atoms with E-state index in [4.69, 9.17) is 4.74 Å². The lowest BCUT2D eigenvalue weighted by molar-refractivity contribution is -0.122. The summed E-state index contributed by atoms with van der Waals surface area (Å²) >= 11 is 0. The SMILES string of the molecule is Cc1cccc(C)c1N1C[C@H](C(=O)Nc2ccc(Oc3ccc(C(C)(C)C)cc3)cc2)CC1=O. The van der Waals surface area contributed by atoms with Crippen molar-refractivity contribution in [3.8, 4) is 11.5 Å². The molecule has 34 heavy (non-hydrogen) atoms. The van der Waals surface area contributed by atoms with Crippen molar-refractivity contribution in [3.63, 3.8) is 0 Å². The Hall–Kier alpha value is -3.60. The fourth-order valence-corrected chi connectivity index (χ4v) is 4.34. The number of para-hydroxylation sites is 1. The van der Waals surface area contributed by atoms with Crippen molar-refractivity contribution >= 4 is 23.2 Å². The first-order chi connectivity index (χ1) is 16.1. The molecule has 1 aliphatic rings. The maximum Gasteiger partial charge on any atom is 0.229 e. The average molecular weight is 457 g/mol. The van der Waals surface area contributed by atoms with E-state index in [0.29, 0.717) is 18.0 Å². The van der Waals surface area contributed by atoms with Crippen LogP contribution in [0.5, 0.6) is 11.5 Å². The van der Waals surface area contributed by atoms with Gasteiger partial charge in [-0.1, -0.05) is 51.1 Å². The number of hydrogen-bond acceptors (Lipinski definition) is 3. The van der Waals surface area contributed by atoms with Crippen LogP contribution in [0.15, 0.2) is 66.7 Å². The van der Waals surface area contributed by atoms with Crippen molar-refractivity contribution in [1.82, 2.24) is 0 Å². The summed E-state index contributed by atoms with van der Waals surface area (Å²) in [7, 11) is 0. The number of nitrogens with zero attached hydrogens (tertiary/aromatic N) is 1. The van der Waals surface area contributed by atoms with Crippen LogP contribution in [-0.4, -0.2) is 18.4 Å². The molecule has 0 radical (unpaired) electrons. The smallest absolute Gasteiger partial charge is 0.229 e. The molecule has 0 aromatic heterocycles. The van der Waals surface area contributed by atoms with Crippen molar-refractivity contribution in [1.29, 1.82) is 0 Å². The van der Waals surface area contributed by atoms with Crippen LogP contribution in [-0.2, 0) is 15.0 Å². The van der Waals surface area contributed by atoms with Gasteiger partial charge in [0.1, 0.15) is 11.5 Å². The van der Waals surface area contributed by atoms with Crippen molar-refractivity contribution in [2.24, 2.45) is 5.92 Å². The number of hydrogen-bond donors (Lipinski definition) is 1. The monoisotopic (exact) mass is 456 g/mol. The summed E-state index contributed by atoms with van der Waals surface area (Å²) in [5.41, 5.74) is 5.02. The van der Waals surface area contributed by atoms with Gasteiger partial charge in [0, 0.05) is 24.3 Å². The predicted molar refractivity (Wildman–Crippen MR) is 137 cm³/mol. The zero-order valence-electron chi connectivity index (χ0n) is 20.5. The van der Waals surface area contributed by atoms with Crippen LogP contribution >= 0.6 is 0 Å². The van der Waals surface area contributed by atoms with Gasteiger partial charge in [0.15, 0.2) is 0 Å². The maximum atomic E-state index is 12.9. The molecule has 4 rings (SSSR count). The van der Waals surface area contributed by atoms with Gasteiger partial charge in [0.2, 0.25) is 11.8 Å². The third-order valence-corrected chi connectivity index (χ3v) is 6.28. The fraction of sp³-hybridized carbons (Fsp3) is 0.310. The fourth-order valence-electron chi connectivity index (χ4n) is 4.34. The van der Waals surface area contributed by atoms with Crippen LogP contribution in [0, 0.1) is 19.8 Å². The first-order valence-electron chi connectivity index (χ1n) is 11.7. The molecule has 1 heterocycles. The highest BCUT2D eigenvalue weighted by atomic mass is 16.5. The highest BCUT2D eigenvalue weighted by Crippen LogP contribution is 2.32. The Labute approximate surface area is 201 Å². The normalized spacial score (nSPS) is 16.0. The lowest BCUT2D eigenvalue weighted by atomic mass is 9.87. The Bertz CT molecular complexity index is 1170. The molecular formula is C29H32N2O3. The number of anilines is 2. The van der Waals surface area contributed by atoms with Crippen molar-refractivity contribution in [3.05, 3.63) is 83.4 Å². The molecule has 3 aromatic carbocycles. The number of benzene rings is 3. The molecule has 0 aliphatic carbocycles. The number of carbonyl (C=O) groups is 2. The molecule has 3 aromatic rings. The number of amides is 2. The van der Waals surface area contributed by atoms with Crippen molar-refractivity contribution < 1.29 is 14.3 Å². The maximum absolute atomic E-state index is 12.9. The largest absolute Gasteiger partial charge is 0.457 e. The van der Waals surface area contributed by atoms with Gasteiger partial charge >= 0.3 is 0 Å². The molecule has 1 saturated heterocycles. The zero-order chi connectivity index (χ0) is 24.5. The summed E-state index contributed by atoms with van der Waals surface area (Å²) in [6.07, 6.45) is 0.214. The van der Waals surface area contributed by atoms with E-state index in [1.807, 2.05) is 68.4 Å². The molecule has 1 aliphatic heterocycles. The second-order valence-electron chi connectivity index (χ2n) is 10.0. The summed E-state index contributed by atoms with van der Waals surface area (Å²) < 4.78 is 5.94. The van der Waals surface area contributed by atoms with Crippen molar-refractivity contribution in [2.45, 2.75) is 46.5 Å². The van der Waals surface area contributed by atoms with E-state index in [1.165, 1.54) is 5.56 Å². The first kappa shape index (κ1) is 23.6. The van der Waals surface area contributed by atoms with Gasteiger partial charge in [-0.25, -0.2) is 0 Å². The summed E-state index contributed by atoms with van der Waals surface area (Å²) in [5, 5.41) is 2.95. The summed E-state index contributed by atoms with van der Waals surface area (Å²) in [5.74, 6) is 0.913. The Morgan fingerprint density at radius 3 is 2.03 bits per heavy atom. The molecular weight excluding hydrogens is 424 g/mol. The molecule has 0 spiro atoms. The number of aryl methyl sites for hydroxylation is 2. The van der Waals surface area contributed by atoms with Crippen LogP contribution in [0.2, 0.25) is 0 Å². The second kappa shape index (κ2) is 9.34. The van der Waals surface area contributed by atoms with E-state index in [9.17, 15) is 9.59 Å². The standard InChI is InChI=1S/C29H32N2O3/c1-19-7-6-8-20(2)27(19)31-18-21(17-26(31)32)28(33)30-23-11-15-25(16-12-23)34-24-13-9-22(10-14-24)29(3,4)5/h6-16,21H,17-18H2,1-5H3,(H,30,33)/t21-/m1/s1. The van der Waals surface area contributed by atoms with E-state index < -0.39 is 0 Å². The summed E-state index contributed by atoms with van der Waals surface area (Å²) in [6.45, 7) is 10.9. The second-order valence-corrected chi connectivity index (χ2v) is 10.0. The van der Waals surface area contributed by atoms with E-state index in [1.54, 1.807) is 4.90 Å². The molecule has 5 nitrogen and oxygen atoms in total. The third-order valence-electron chi connectivity index (χ3n) is 6.28. The zero-order valence-corrected chi connectivity index (χ0v) is 20.5. The van der Waals surface area contributed by atoms with E-state index in [2.05, 4.69) is 38.2 Å². The molecule has 0 bridgehead atoms. The summed E-state index contributed by atoms with van der Waals surface area (Å²) in [4.78, 5) is 27.3. The van der Waals surface area contributed by atoms with Gasteiger partial charge < -0.3 is 15.0 Å². The molecule has 2 amide bonds. The molecule has 0 saturated carbocycles. The van der Waals surface area contributed by atoms with Crippen LogP contribution in [0.25, 0.3) is 0 Å². The molecule has 1 fully saturated rings. The minimum absolute atomic E-state index is 0.0150. The van der Waals surface area contributed by atoms with Crippen LogP contribution in [0.4, 0.5) is 11.4 Å². The number of ether oxygens (including phenoxy) is 1. The van der Waals surface area contributed by atoms with Gasteiger partial charge in [0.05, 0.1) is 5.92 Å². The lowest BCUT2D eigenvalue weighted by Gasteiger charge is -2.21. The van der Waals surface area contributed by atoms with Gasteiger partial charge in [0.25, 0.3) is 0 Å². The Kier molecular flexibility index (Phi) is 6.47.